The number of ether oxygens (including phenoxy) is 1. The van der Waals surface area contributed by atoms with Gasteiger partial charge in [0.2, 0.25) is 0 Å². The van der Waals surface area contributed by atoms with Crippen molar-refractivity contribution >= 4 is 22.5 Å². The number of piperazine rings is 1. The summed E-state index contributed by atoms with van der Waals surface area (Å²) in [5.74, 6) is 1.83. The summed E-state index contributed by atoms with van der Waals surface area (Å²) in [6, 6.07) is 16.6. The number of fused-ring (bicyclic) bond motifs is 1. The van der Waals surface area contributed by atoms with E-state index in [1.165, 1.54) is 11.3 Å². The van der Waals surface area contributed by atoms with Crippen molar-refractivity contribution in [3.63, 3.8) is 0 Å². The van der Waals surface area contributed by atoms with Gasteiger partial charge in [0.1, 0.15) is 17.9 Å². The summed E-state index contributed by atoms with van der Waals surface area (Å²) in [4.78, 5) is 13.8. The molecule has 30 heavy (non-hydrogen) atoms. The van der Waals surface area contributed by atoms with Crippen LogP contribution in [-0.2, 0) is 0 Å². The zero-order chi connectivity index (χ0) is 20.5. The Morgan fingerprint density at radius 1 is 0.800 bits per heavy atom. The Balaban J connectivity index is 1.37. The highest BCUT2D eigenvalue weighted by Gasteiger charge is 2.21. The first kappa shape index (κ1) is 18.4. The van der Waals surface area contributed by atoms with E-state index in [2.05, 4.69) is 68.2 Å². The van der Waals surface area contributed by atoms with Crippen LogP contribution in [0.1, 0.15) is 5.56 Å². The standard InChI is InChI=1S/C23H24N6O/c1-17-3-5-19(6-4-17)29-23-21(15-26-29)22(24-16-25-23)28-13-11-27(12-14-28)18-7-9-20(30-2)10-8-18/h3-10,15-16H,11-14H2,1-2H3. The van der Waals surface area contributed by atoms with Crippen LogP contribution in [0.5, 0.6) is 5.75 Å². The van der Waals surface area contributed by atoms with Gasteiger partial charge in [0.15, 0.2) is 5.65 Å². The third-order valence-electron chi connectivity index (χ3n) is 5.64. The SMILES string of the molecule is COc1ccc(N2CCN(c3ncnc4c3cnn4-c3ccc(C)cc3)CC2)cc1. The summed E-state index contributed by atoms with van der Waals surface area (Å²) in [6.45, 7) is 5.74. The van der Waals surface area contributed by atoms with E-state index in [-0.39, 0.29) is 0 Å². The summed E-state index contributed by atoms with van der Waals surface area (Å²) < 4.78 is 7.15. The van der Waals surface area contributed by atoms with Crippen molar-refractivity contribution in [3.8, 4) is 11.4 Å². The largest absolute Gasteiger partial charge is 0.497 e. The zero-order valence-corrected chi connectivity index (χ0v) is 17.2. The molecule has 7 nitrogen and oxygen atoms in total. The van der Waals surface area contributed by atoms with E-state index in [9.17, 15) is 0 Å². The van der Waals surface area contributed by atoms with Crippen LogP contribution in [0.3, 0.4) is 0 Å². The van der Waals surface area contributed by atoms with E-state index in [1.54, 1.807) is 13.4 Å². The Bertz CT molecular complexity index is 1140. The molecule has 0 spiro atoms. The van der Waals surface area contributed by atoms with Crippen molar-refractivity contribution in [1.29, 1.82) is 0 Å². The molecule has 0 atom stereocenters. The lowest BCUT2D eigenvalue weighted by molar-refractivity contribution is 0.415. The van der Waals surface area contributed by atoms with Crippen LogP contribution in [-0.4, -0.2) is 53.0 Å². The van der Waals surface area contributed by atoms with E-state index >= 15 is 0 Å². The summed E-state index contributed by atoms with van der Waals surface area (Å²) in [5.41, 5.74) is 4.28. The molecule has 0 saturated carbocycles. The predicted octanol–water partition coefficient (Wildman–Crippen LogP) is 3.46. The van der Waals surface area contributed by atoms with Gasteiger partial charge in [0.25, 0.3) is 0 Å². The normalized spacial score (nSPS) is 14.3. The summed E-state index contributed by atoms with van der Waals surface area (Å²) in [5, 5.41) is 5.58. The number of anilines is 2. The molecule has 5 rings (SSSR count). The lowest BCUT2D eigenvalue weighted by Gasteiger charge is -2.36. The van der Waals surface area contributed by atoms with Crippen LogP contribution < -0.4 is 14.5 Å². The minimum Gasteiger partial charge on any atom is -0.497 e. The average Bonchev–Trinajstić information content (AvgIpc) is 3.24. The van der Waals surface area contributed by atoms with Crippen LogP contribution in [0.2, 0.25) is 0 Å². The maximum Gasteiger partial charge on any atom is 0.168 e. The number of aryl methyl sites for hydroxylation is 1. The van der Waals surface area contributed by atoms with Gasteiger partial charge in [-0.05, 0) is 43.3 Å². The van der Waals surface area contributed by atoms with Crippen LogP contribution >= 0.6 is 0 Å². The topological polar surface area (TPSA) is 59.3 Å². The molecule has 1 fully saturated rings. The predicted molar refractivity (Wildman–Crippen MR) is 119 cm³/mol. The summed E-state index contributed by atoms with van der Waals surface area (Å²) >= 11 is 0. The maximum absolute atomic E-state index is 5.26. The van der Waals surface area contributed by atoms with Crippen molar-refractivity contribution < 1.29 is 4.74 Å². The molecule has 0 bridgehead atoms. The fraction of sp³-hybridized carbons (Fsp3) is 0.261. The molecule has 2 aromatic carbocycles. The third-order valence-corrected chi connectivity index (χ3v) is 5.64. The number of hydrogen-bond donors (Lipinski definition) is 0. The Hall–Kier alpha value is -3.61. The summed E-state index contributed by atoms with van der Waals surface area (Å²) in [7, 11) is 1.69. The summed E-state index contributed by atoms with van der Waals surface area (Å²) in [6.07, 6.45) is 3.51. The fourth-order valence-corrected chi connectivity index (χ4v) is 3.93. The van der Waals surface area contributed by atoms with Gasteiger partial charge in [-0.1, -0.05) is 17.7 Å². The highest BCUT2D eigenvalue weighted by molar-refractivity contribution is 5.87. The quantitative estimate of drug-likeness (QED) is 0.523. The Morgan fingerprint density at radius 2 is 1.47 bits per heavy atom. The molecule has 1 aliphatic heterocycles. The molecule has 0 N–H and O–H groups in total. The second-order valence-electron chi connectivity index (χ2n) is 7.50. The number of rotatable bonds is 4. The van der Waals surface area contributed by atoms with Crippen molar-refractivity contribution in [1.82, 2.24) is 19.7 Å². The number of nitrogens with zero attached hydrogens (tertiary/aromatic N) is 6. The fourth-order valence-electron chi connectivity index (χ4n) is 3.93. The molecule has 0 unspecified atom stereocenters. The molecule has 4 aromatic rings. The Labute approximate surface area is 175 Å². The van der Waals surface area contributed by atoms with Gasteiger partial charge in [-0.15, -0.1) is 0 Å². The molecule has 7 heteroatoms. The van der Waals surface area contributed by atoms with Gasteiger partial charge >= 0.3 is 0 Å². The second-order valence-corrected chi connectivity index (χ2v) is 7.50. The Morgan fingerprint density at radius 3 is 2.17 bits per heavy atom. The molecule has 3 heterocycles. The molecular weight excluding hydrogens is 376 g/mol. The van der Waals surface area contributed by atoms with Gasteiger partial charge in [-0.25, -0.2) is 14.6 Å². The third kappa shape index (κ3) is 3.32. The zero-order valence-electron chi connectivity index (χ0n) is 17.2. The van der Waals surface area contributed by atoms with Gasteiger partial charge in [0, 0.05) is 31.9 Å². The van der Waals surface area contributed by atoms with Crippen LogP contribution in [0.15, 0.2) is 61.1 Å². The lowest BCUT2D eigenvalue weighted by atomic mass is 10.2. The second kappa shape index (κ2) is 7.67. The van der Waals surface area contributed by atoms with E-state index in [0.717, 1.165) is 54.5 Å². The van der Waals surface area contributed by atoms with Gasteiger partial charge < -0.3 is 14.5 Å². The van der Waals surface area contributed by atoms with E-state index in [1.807, 2.05) is 23.0 Å². The molecular formula is C23H24N6O. The molecule has 1 aliphatic rings. The van der Waals surface area contributed by atoms with E-state index < -0.39 is 0 Å². The maximum atomic E-state index is 5.26. The van der Waals surface area contributed by atoms with Crippen LogP contribution in [0.25, 0.3) is 16.7 Å². The molecule has 2 aromatic heterocycles. The van der Waals surface area contributed by atoms with Crippen molar-refractivity contribution in [3.05, 3.63) is 66.6 Å². The molecule has 1 saturated heterocycles. The first-order valence-corrected chi connectivity index (χ1v) is 10.1. The van der Waals surface area contributed by atoms with Crippen molar-refractivity contribution in [2.75, 3.05) is 43.1 Å². The van der Waals surface area contributed by atoms with Gasteiger partial charge in [-0.3, -0.25) is 0 Å². The van der Waals surface area contributed by atoms with Crippen molar-refractivity contribution in [2.45, 2.75) is 6.92 Å². The van der Waals surface area contributed by atoms with Crippen LogP contribution in [0, 0.1) is 6.92 Å². The smallest absolute Gasteiger partial charge is 0.168 e. The van der Waals surface area contributed by atoms with Crippen LogP contribution in [0.4, 0.5) is 11.5 Å². The number of hydrogen-bond acceptors (Lipinski definition) is 6. The lowest BCUT2D eigenvalue weighted by Crippen LogP contribution is -2.46. The van der Waals surface area contributed by atoms with E-state index in [0.29, 0.717) is 0 Å². The molecule has 0 aliphatic carbocycles. The minimum absolute atomic E-state index is 0.835. The highest BCUT2D eigenvalue weighted by Crippen LogP contribution is 2.27. The van der Waals surface area contributed by atoms with Gasteiger partial charge in [-0.2, -0.15) is 5.10 Å². The number of benzene rings is 2. The molecule has 0 radical (unpaired) electrons. The molecule has 152 valence electrons. The minimum atomic E-state index is 0.835. The average molecular weight is 400 g/mol. The highest BCUT2D eigenvalue weighted by atomic mass is 16.5. The number of aromatic nitrogens is 4. The first-order valence-electron chi connectivity index (χ1n) is 10.1. The Kier molecular flexibility index (Phi) is 4.71. The molecule has 0 amide bonds. The number of methoxy groups -OCH3 is 1. The van der Waals surface area contributed by atoms with E-state index in [4.69, 9.17) is 4.74 Å². The first-order chi connectivity index (χ1) is 14.7. The van der Waals surface area contributed by atoms with Gasteiger partial charge in [0.05, 0.1) is 24.4 Å². The monoisotopic (exact) mass is 400 g/mol. The van der Waals surface area contributed by atoms with Crippen molar-refractivity contribution in [2.24, 2.45) is 0 Å².